The van der Waals surface area contributed by atoms with Gasteiger partial charge >= 0.3 is 0 Å². The molecule has 0 saturated heterocycles. The van der Waals surface area contributed by atoms with Crippen molar-refractivity contribution in [1.29, 1.82) is 0 Å². The molecule has 2 nitrogen and oxygen atoms in total. The summed E-state index contributed by atoms with van der Waals surface area (Å²) in [5, 5.41) is 0. The zero-order valence-electron chi connectivity index (χ0n) is 9.12. The van der Waals surface area contributed by atoms with E-state index in [1.165, 1.54) is 12.0 Å². The minimum absolute atomic E-state index is 0.627. The third-order valence-corrected chi connectivity index (χ3v) is 2.82. The van der Waals surface area contributed by atoms with Gasteiger partial charge in [-0.2, -0.15) is 0 Å². The van der Waals surface area contributed by atoms with Gasteiger partial charge < -0.3 is 4.98 Å². The van der Waals surface area contributed by atoms with E-state index in [2.05, 4.69) is 54.3 Å². The summed E-state index contributed by atoms with van der Waals surface area (Å²) in [6.07, 6.45) is 5.67. The standard InChI is InChI=1S/C13H15N2/c1-3-10(2)11-4-6-12(7-5-11)13-14-8-9-15-13/h4-8,10H,3H2,1-2H3,(H,14,15). The molecule has 0 amide bonds. The van der Waals surface area contributed by atoms with Gasteiger partial charge in [0.25, 0.3) is 0 Å². The Bertz CT molecular complexity index is 401. The van der Waals surface area contributed by atoms with Crippen molar-refractivity contribution in [3.05, 3.63) is 42.2 Å². The number of rotatable bonds is 3. The van der Waals surface area contributed by atoms with E-state index in [1.807, 2.05) is 0 Å². The lowest BCUT2D eigenvalue weighted by molar-refractivity contribution is 0.734. The monoisotopic (exact) mass is 199 g/mol. The Balaban J connectivity index is 2.25. The predicted molar refractivity (Wildman–Crippen MR) is 61.6 cm³/mol. The molecule has 2 heteroatoms. The van der Waals surface area contributed by atoms with Gasteiger partial charge in [-0.3, -0.25) is 0 Å². The Morgan fingerprint density at radius 2 is 2.07 bits per heavy atom. The Hall–Kier alpha value is -1.57. The van der Waals surface area contributed by atoms with Crippen LogP contribution >= 0.6 is 0 Å². The van der Waals surface area contributed by atoms with Gasteiger partial charge in [0.2, 0.25) is 0 Å². The van der Waals surface area contributed by atoms with Crippen LogP contribution in [-0.4, -0.2) is 9.97 Å². The number of hydrogen-bond acceptors (Lipinski definition) is 1. The number of aromatic amines is 1. The maximum absolute atomic E-state index is 4.10. The molecule has 0 aliphatic rings. The van der Waals surface area contributed by atoms with Crippen molar-refractivity contribution in [3.8, 4) is 11.4 Å². The van der Waals surface area contributed by atoms with Gasteiger partial charge in [-0.1, -0.05) is 38.1 Å². The Labute approximate surface area is 90.4 Å². The van der Waals surface area contributed by atoms with E-state index < -0.39 is 0 Å². The second-order valence-electron chi connectivity index (χ2n) is 3.81. The molecule has 0 aliphatic heterocycles. The van der Waals surface area contributed by atoms with Crippen molar-refractivity contribution < 1.29 is 0 Å². The molecule has 0 spiro atoms. The summed E-state index contributed by atoms with van der Waals surface area (Å²) < 4.78 is 0. The largest absolute Gasteiger partial charge is 0.344 e. The highest BCUT2D eigenvalue weighted by Crippen LogP contribution is 2.21. The van der Waals surface area contributed by atoms with Gasteiger partial charge in [-0.15, -0.1) is 0 Å². The number of benzene rings is 1. The lowest BCUT2D eigenvalue weighted by atomic mass is 9.97. The van der Waals surface area contributed by atoms with Gasteiger partial charge in [0.15, 0.2) is 0 Å². The van der Waals surface area contributed by atoms with E-state index in [0.29, 0.717) is 5.92 Å². The lowest BCUT2D eigenvalue weighted by Gasteiger charge is -2.08. The summed E-state index contributed by atoms with van der Waals surface area (Å²) in [6.45, 7) is 4.45. The lowest BCUT2D eigenvalue weighted by Crippen LogP contribution is -1.90. The fourth-order valence-electron chi connectivity index (χ4n) is 1.58. The Morgan fingerprint density at radius 1 is 1.33 bits per heavy atom. The Kier molecular flexibility index (Phi) is 2.86. The zero-order valence-corrected chi connectivity index (χ0v) is 9.12. The molecule has 2 aromatic rings. The number of hydrogen-bond donors (Lipinski definition) is 1. The molecule has 1 unspecified atom stereocenters. The number of aromatic nitrogens is 2. The first-order chi connectivity index (χ1) is 7.31. The molecule has 1 heterocycles. The molecular formula is C13H15N2. The first-order valence-corrected chi connectivity index (χ1v) is 5.33. The van der Waals surface area contributed by atoms with Crippen molar-refractivity contribution in [2.75, 3.05) is 0 Å². The van der Waals surface area contributed by atoms with E-state index in [1.54, 1.807) is 6.20 Å². The number of nitrogens with zero attached hydrogens (tertiary/aromatic N) is 1. The second-order valence-corrected chi connectivity index (χ2v) is 3.81. The predicted octanol–water partition coefficient (Wildman–Crippen LogP) is 3.39. The molecule has 15 heavy (non-hydrogen) atoms. The Morgan fingerprint density at radius 3 is 2.60 bits per heavy atom. The summed E-state index contributed by atoms with van der Waals surface area (Å²) >= 11 is 0. The minimum Gasteiger partial charge on any atom is -0.344 e. The van der Waals surface area contributed by atoms with E-state index in [9.17, 15) is 0 Å². The topological polar surface area (TPSA) is 28.7 Å². The van der Waals surface area contributed by atoms with Crippen LogP contribution in [0.5, 0.6) is 0 Å². The molecule has 0 aliphatic carbocycles. The molecule has 1 radical (unpaired) electrons. The van der Waals surface area contributed by atoms with Gasteiger partial charge in [-0.05, 0) is 17.9 Å². The highest BCUT2D eigenvalue weighted by atomic mass is 14.9. The summed E-state index contributed by atoms with van der Waals surface area (Å²) in [5.74, 6) is 1.51. The SMILES string of the molecule is CCC(C)c1ccc(-c2n[c]c[nH]2)cc1. The van der Waals surface area contributed by atoms with E-state index in [4.69, 9.17) is 0 Å². The highest BCUT2D eigenvalue weighted by Gasteiger charge is 2.04. The quantitative estimate of drug-likeness (QED) is 0.806. The van der Waals surface area contributed by atoms with E-state index >= 15 is 0 Å². The highest BCUT2D eigenvalue weighted by molar-refractivity contribution is 5.55. The van der Waals surface area contributed by atoms with Crippen LogP contribution < -0.4 is 0 Å². The number of nitrogens with one attached hydrogen (secondary N) is 1. The molecule has 0 fully saturated rings. The van der Waals surface area contributed by atoms with Crippen LogP contribution in [-0.2, 0) is 0 Å². The summed E-state index contributed by atoms with van der Waals surface area (Å²) in [4.78, 5) is 7.15. The average Bonchev–Trinajstić information content (AvgIpc) is 2.82. The van der Waals surface area contributed by atoms with Crippen molar-refractivity contribution >= 4 is 0 Å². The van der Waals surface area contributed by atoms with Crippen LogP contribution in [0.1, 0.15) is 31.7 Å². The molecule has 1 atom stereocenters. The van der Waals surface area contributed by atoms with Crippen molar-refractivity contribution in [1.82, 2.24) is 9.97 Å². The first-order valence-electron chi connectivity index (χ1n) is 5.33. The van der Waals surface area contributed by atoms with Crippen molar-refractivity contribution in [3.63, 3.8) is 0 Å². The molecule has 1 aromatic carbocycles. The molecular weight excluding hydrogens is 184 g/mol. The van der Waals surface area contributed by atoms with Crippen LogP contribution in [0.15, 0.2) is 30.5 Å². The third-order valence-electron chi connectivity index (χ3n) is 2.82. The summed E-state index contributed by atoms with van der Waals surface area (Å²) in [5.41, 5.74) is 2.50. The average molecular weight is 199 g/mol. The molecule has 0 bridgehead atoms. The number of imidazole rings is 1. The van der Waals surface area contributed by atoms with Gasteiger partial charge in [0.1, 0.15) is 12.0 Å². The van der Waals surface area contributed by atoms with Gasteiger partial charge in [-0.25, -0.2) is 4.98 Å². The van der Waals surface area contributed by atoms with Crippen LogP contribution in [0.2, 0.25) is 0 Å². The molecule has 2 rings (SSSR count). The zero-order chi connectivity index (χ0) is 10.7. The maximum Gasteiger partial charge on any atom is 0.138 e. The van der Waals surface area contributed by atoms with Gasteiger partial charge in [0.05, 0.1) is 0 Å². The van der Waals surface area contributed by atoms with Gasteiger partial charge in [0, 0.05) is 11.8 Å². The van der Waals surface area contributed by atoms with Crippen LogP contribution in [0, 0.1) is 6.20 Å². The normalized spacial score (nSPS) is 12.7. The smallest absolute Gasteiger partial charge is 0.138 e. The molecule has 1 aromatic heterocycles. The van der Waals surface area contributed by atoms with E-state index in [-0.39, 0.29) is 0 Å². The molecule has 1 N–H and O–H groups in total. The first kappa shape index (κ1) is 9.97. The summed E-state index contributed by atoms with van der Waals surface area (Å²) in [7, 11) is 0. The minimum atomic E-state index is 0.627. The van der Waals surface area contributed by atoms with Crippen LogP contribution in [0.4, 0.5) is 0 Å². The second kappa shape index (κ2) is 4.30. The van der Waals surface area contributed by atoms with E-state index in [0.717, 1.165) is 11.4 Å². The van der Waals surface area contributed by atoms with Crippen LogP contribution in [0.3, 0.4) is 0 Å². The number of H-pyrrole nitrogens is 1. The third kappa shape index (κ3) is 2.09. The summed E-state index contributed by atoms with van der Waals surface area (Å²) in [6, 6.07) is 8.56. The molecule has 0 saturated carbocycles. The molecule has 77 valence electrons. The fourth-order valence-corrected chi connectivity index (χ4v) is 1.58. The fraction of sp³-hybridized carbons (Fsp3) is 0.308. The van der Waals surface area contributed by atoms with Crippen molar-refractivity contribution in [2.24, 2.45) is 0 Å². The maximum atomic E-state index is 4.10. The van der Waals surface area contributed by atoms with Crippen molar-refractivity contribution in [2.45, 2.75) is 26.2 Å². The van der Waals surface area contributed by atoms with Crippen LogP contribution in [0.25, 0.3) is 11.4 Å².